The molecule has 2 aromatic rings. The summed E-state index contributed by atoms with van der Waals surface area (Å²) in [6.07, 6.45) is 1.39. The Kier molecular flexibility index (Phi) is 4.20. The van der Waals surface area contributed by atoms with Crippen LogP contribution in [0.1, 0.15) is 11.1 Å². The number of aromatic amines is 1. The molecular formula is C11H13ClN4O2S. The minimum absolute atomic E-state index is 0.0120. The highest BCUT2D eigenvalue weighted by atomic mass is 35.5. The van der Waals surface area contributed by atoms with Gasteiger partial charge in [-0.1, -0.05) is 29.8 Å². The second kappa shape index (κ2) is 5.70. The van der Waals surface area contributed by atoms with Gasteiger partial charge in [0.25, 0.3) is 10.0 Å². The summed E-state index contributed by atoms with van der Waals surface area (Å²) in [6.45, 7) is 0.198. The van der Waals surface area contributed by atoms with Crippen molar-refractivity contribution < 1.29 is 8.42 Å². The average Bonchev–Trinajstić information content (AvgIpc) is 2.87. The van der Waals surface area contributed by atoms with Crippen LogP contribution in [0.3, 0.4) is 0 Å². The van der Waals surface area contributed by atoms with E-state index in [4.69, 9.17) is 17.3 Å². The number of halogens is 1. The zero-order valence-corrected chi connectivity index (χ0v) is 11.5. The normalized spacial score (nSPS) is 11.7. The molecule has 8 heteroatoms. The van der Waals surface area contributed by atoms with Gasteiger partial charge in [-0.05, 0) is 11.6 Å². The molecule has 0 fully saturated rings. The van der Waals surface area contributed by atoms with Gasteiger partial charge >= 0.3 is 0 Å². The van der Waals surface area contributed by atoms with Crippen LogP contribution >= 0.6 is 11.6 Å². The van der Waals surface area contributed by atoms with Crippen LogP contribution in [0, 0.1) is 0 Å². The van der Waals surface area contributed by atoms with E-state index in [0.29, 0.717) is 16.1 Å². The van der Waals surface area contributed by atoms with Crippen molar-refractivity contribution in [3.8, 4) is 0 Å². The van der Waals surface area contributed by atoms with Crippen LogP contribution in [0.15, 0.2) is 35.5 Å². The van der Waals surface area contributed by atoms with Gasteiger partial charge in [0.2, 0.25) is 0 Å². The third kappa shape index (κ3) is 3.13. The Morgan fingerprint density at radius 1 is 1.32 bits per heavy atom. The Bertz CT molecular complexity index is 669. The summed E-state index contributed by atoms with van der Waals surface area (Å²) in [5, 5.41) is 6.61. The van der Waals surface area contributed by atoms with Gasteiger partial charge in [-0.25, -0.2) is 13.1 Å². The monoisotopic (exact) mass is 300 g/mol. The van der Waals surface area contributed by atoms with Crippen molar-refractivity contribution in [2.24, 2.45) is 5.73 Å². The smallest absolute Gasteiger partial charge is 0.258 e. The van der Waals surface area contributed by atoms with Crippen LogP contribution in [0.2, 0.25) is 5.02 Å². The first-order chi connectivity index (χ1) is 9.04. The lowest BCUT2D eigenvalue weighted by Crippen LogP contribution is -2.25. The van der Waals surface area contributed by atoms with Crippen LogP contribution in [0.25, 0.3) is 0 Å². The first-order valence-corrected chi connectivity index (χ1v) is 7.36. The maximum Gasteiger partial charge on any atom is 0.258 e. The van der Waals surface area contributed by atoms with Gasteiger partial charge in [-0.15, -0.1) is 0 Å². The van der Waals surface area contributed by atoms with Crippen LogP contribution in [-0.4, -0.2) is 18.6 Å². The maximum absolute atomic E-state index is 12.1. The largest absolute Gasteiger partial charge is 0.326 e. The highest BCUT2D eigenvalue weighted by Crippen LogP contribution is 2.16. The Morgan fingerprint density at radius 3 is 2.74 bits per heavy atom. The zero-order chi connectivity index (χ0) is 13.9. The standard InChI is InChI=1S/C11H13ClN4O2S/c12-10-4-2-1-3-8(10)7-15-19(17,18)11-9(5-13)6-14-16-11/h1-4,6,15H,5,7,13H2,(H,14,16). The highest BCUT2D eigenvalue weighted by molar-refractivity contribution is 7.89. The van der Waals surface area contributed by atoms with E-state index in [1.807, 2.05) is 0 Å². The van der Waals surface area contributed by atoms with E-state index >= 15 is 0 Å². The van der Waals surface area contributed by atoms with Gasteiger partial charge in [0.05, 0.1) is 6.20 Å². The maximum atomic E-state index is 12.1. The number of nitrogens with one attached hydrogen (secondary N) is 2. The average molecular weight is 301 g/mol. The molecule has 0 aliphatic carbocycles. The van der Waals surface area contributed by atoms with Gasteiger partial charge in [0.15, 0.2) is 5.03 Å². The van der Waals surface area contributed by atoms with Gasteiger partial charge in [0, 0.05) is 23.7 Å². The lowest BCUT2D eigenvalue weighted by molar-refractivity contribution is 0.575. The van der Waals surface area contributed by atoms with Crippen molar-refractivity contribution >= 4 is 21.6 Å². The molecule has 1 aromatic carbocycles. The Hall–Kier alpha value is -1.41. The van der Waals surface area contributed by atoms with Crippen molar-refractivity contribution in [3.05, 3.63) is 46.6 Å². The molecule has 1 aromatic heterocycles. The van der Waals surface area contributed by atoms with Gasteiger partial charge in [-0.3, -0.25) is 5.10 Å². The second-order valence-corrected chi connectivity index (χ2v) is 5.96. The lowest BCUT2D eigenvalue weighted by Gasteiger charge is -2.07. The van der Waals surface area contributed by atoms with Crippen LogP contribution in [0.5, 0.6) is 0 Å². The molecule has 0 saturated carbocycles. The summed E-state index contributed by atoms with van der Waals surface area (Å²) in [4.78, 5) is 0. The zero-order valence-electron chi connectivity index (χ0n) is 9.93. The number of nitrogens with zero attached hydrogens (tertiary/aromatic N) is 1. The molecule has 0 aliphatic rings. The minimum atomic E-state index is -3.68. The molecule has 0 unspecified atom stereocenters. The van der Waals surface area contributed by atoms with Crippen molar-refractivity contribution in [3.63, 3.8) is 0 Å². The number of hydrogen-bond donors (Lipinski definition) is 3. The van der Waals surface area contributed by atoms with E-state index in [0.717, 1.165) is 0 Å². The first-order valence-electron chi connectivity index (χ1n) is 5.50. The van der Waals surface area contributed by atoms with Crippen molar-refractivity contribution in [1.29, 1.82) is 0 Å². The summed E-state index contributed by atoms with van der Waals surface area (Å²) in [7, 11) is -3.68. The Morgan fingerprint density at radius 2 is 2.05 bits per heavy atom. The molecule has 0 amide bonds. The SMILES string of the molecule is NCc1cn[nH]c1S(=O)(=O)NCc1ccccc1Cl. The van der Waals surface area contributed by atoms with Gasteiger partial charge in [-0.2, -0.15) is 5.10 Å². The molecule has 6 nitrogen and oxygen atoms in total. The lowest BCUT2D eigenvalue weighted by atomic mass is 10.2. The summed E-state index contributed by atoms with van der Waals surface area (Å²) in [5.74, 6) is 0. The molecule has 102 valence electrons. The molecule has 0 saturated heterocycles. The molecule has 0 radical (unpaired) electrons. The number of rotatable bonds is 5. The van der Waals surface area contributed by atoms with Crippen LogP contribution in [-0.2, 0) is 23.1 Å². The van der Waals surface area contributed by atoms with Crippen LogP contribution in [0.4, 0.5) is 0 Å². The fourth-order valence-electron chi connectivity index (χ4n) is 1.56. The minimum Gasteiger partial charge on any atom is -0.326 e. The number of sulfonamides is 1. The van der Waals surface area contributed by atoms with Gasteiger partial charge < -0.3 is 5.73 Å². The molecular weight excluding hydrogens is 288 g/mol. The Labute approximate surface area is 116 Å². The number of nitrogens with two attached hydrogens (primary N) is 1. The molecule has 19 heavy (non-hydrogen) atoms. The van der Waals surface area contributed by atoms with E-state index in [2.05, 4.69) is 14.9 Å². The molecule has 4 N–H and O–H groups in total. The van der Waals surface area contributed by atoms with E-state index in [1.54, 1.807) is 24.3 Å². The molecule has 0 bridgehead atoms. The second-order valence-electron chi connectivity index (χ2n) is 3.84. The van der Waals surface area contributed by atoms with E-state index < -0.39 is 10.0 Å². The summed E-state index contributed by atoms with van der Waals surface area (Å²) < 4.78 is 26.6. The fraction of sp³-hybridized carbons (Fsp3) is 0.182. The number of H-pyrrole nitrogens is 1. The predicted molar refractivity (Wildman–Crippen MR) is 72.0 cm³/mol. The van der Waals surface area contributed by atoms with Crippen molar-refractivity contribution in [1.82, 2.24) is 14.9 Å². The molecule has 1 heterocycles. The van der Waals surface area contributed by atoms with E-state index in [9.17, 15) is 8.42 Å². The molecule has 0 spiro atoms. The summed E-state index contributed by atoms with van der Waals surface area (Å²) in [5.41, 5.74) is 6.58. The first kappa shape index (κ1) is 14.0. The number of benzene rings is 1. The van der Waals surface area contributed by atoms with Crippen molar-refractivity contribution in [2.45, 2.75) is 18.1 Å². The van der Waals surface area contributed by atoms with Crippen LogP contribution < -0.4 is 10.5 Å². The predicted octanol–water partition coefficient (Wildman–Crippen LogP) is 1.00. The summed E-state index contributed by atoms with van der Waals surface area (Å²) >= 11 is 5.96. The number of hydrogen-bond acceptors (Lipinski definition) is 4. The third-order valence-corrected chi connectivity index (χ3v) is 4.36. The van der Waals surface area contributed by atoms with Crippen molar-refractivity contribution in [2.75, 3.05) is 0 Å². The molecule has 0 aliphatic heterocycles. The van der Waals surface area contributed by atoms with E-state index in [1.165, 1.54) is 6.20 Å². The highest BCUT2D eigenvalue weighted by Gasteiger charge is 2.20. The quantitative estimate of drug-likeness (QED) is 0.767. The molecule has 2 rings (SSSR count). The summed E-state index contributed by atoms with van der Waals surface area (Å²) in [6, 6.07) is 7.02. The van der Waals surface area contributed by atoms with Gasteiger partial charge in [0.1, 0.15) is 0 Å². The number of aromatic nitrogens is 2. The topological polar surface area (TPSA) is 101 Å². The Balaban J connectivity index is 2.17. The fourth-order valence-corrected chi connectivity index (χ4v) is 2.91. The molecule has 0 atom stereocenters. The van der Waals surface area contributed by atoms with E-state index in [-0.39, 0.29) is 18.1 Å². The third-order valence-electron chi connectivity index (χ3n) is 2.58.